The molecular weight excluding hydrogens is 284 g/mol. The average molecular weight is 300 g/mol. The van der Waals surface area contributed by atoms with E-state index in [0.29, 0.717) is 0 Å². The largest absolute Gasteiger partial charge is 0.477 e. The van der Waals surface area contributed by atoms with Gasteiger partial charge in [0.05, 0.1) is 19.8 Å². The molecule has 0 spiro atoms. The molecular formula is C13H16O8. The lowest BCUT2D eigenvalue weighted by atomic mass is 9.89. The lowest BCUT2D eigenvalue weighted by molar-refractivity contribution is -0.142. The van der Waals surface area contributed by atoms with E-state index in [4.69, 9.17) is 14.2 Å². The minimum atomic E-state index is -1.20. The maximum Gasteiger partial charge on any atom is 0.372 e. The van der Waals surface area contributed by atoms with Crippen molar-refractivity contribution in [3.63, 3.8) is 0 Å². The second-order valence-corrected chi connectivity index (χ2v) is 4.44. The van der Waals surface area contributed by atoms with Crippen LogP contribution in [0.15, 0.2) is 24.0 Å². The van der Waals surface area contributed by atoms with Gasteiger partial charge in [0.15, 0.2) is 5.76 Å². The summed E-state index contributed by atoms with van der Waals surface area (Å²) in [5, 5.41) is 10.1. The molecule has 8 nitrogen and oxygen atoms in total. The fraction of sp³-hybridized carbons (Fsp3) is 0.538. The third kappa shape index (κ3) is 2.92. The van der Waals surface area contributed by atoms with E-state index in [1.54, 1.807) is 0 Å². The molecule has 1 saturated heterocycles. The van der Waals surface area contributed by atoms with Gasteiger partial charge in [-0.25, -0.2) is 9.59 Å². The second-order valence-electron chi connectivity index (χ2n) is 4.44. The number of aliphatic hydroxyl groups is 1. The summed E-state index contributed by atoms with van der Waals surface area (Å²) >= 11 is 0. The third-order valence-corrected chi connectivity index (χ3v) is 3.25. The zero-order valence-electron chi connectivity index (χ0n) is 11.6. The number of esters is 2. The van der Waals surface area contributed by atoms with Gasteiger partial charge < -0.3 is 28.8 Å². The van der Waals surface area contributed by atoms with Crippen LogP contribution in [0.2, 0.25) is 0 Å². The SMILES string of the molecule is C=C(O[C@@H]1C=C(C(=O)OC)[C@H](O)[C@H]2OCO[C@H]21)C(=O)OC. The van der Waals surface area contributed by atoms with Crippen LogP contribution in [-0.2, 0) is 33.3 Å². The fourth-order valence-corrected chi connectivity index (χ4v) is 2.22. The van der Waals surface area contributed by atoms with Crippen LogP contribution in [0, 0.1) is 0 Å². The first kappa shape index (κ1) is 15.5. The minimum Gasteiger partial charge on any atom is -0.477 e. The highest BCUT2D eigenvalue weighted by Gasteiger charge is 2.48. The maximum atomic E-state index is 11.7. The van der Waals surface area contributed by atoms with Gasteiger partial charge in [0.2, 0.25) is 0 Å². The van der Waals surface area contributed by atoms with Crippen molar-refractivity contribution in [3.8, 4) is 0 Å². The minimum absolute atomic E-state index is 0.0214. The van der Waals surface area contributed by atoms with Crippen molar-refractivity contribution in [1.29, 1.82) is 0 Å². The highest BCUT2D eigenvalue weighted by molar-refractivity contribution is 5.90. The van der Waals surface area contributed by atoms with Gasteiger partial charge in [0.25, 0.3) is 0 Å². The number of ether oxygens (including phenoxy) is 5. The molecule has 2 aliphatic rings. The van der Waals surface area contributed by atoms with Crippen LogP contribution in [0.3, 0.4) is 0 Å². The monoisotopic (exact) mass is 300 g/mol. The second kappa shape index (κ2) is 6.25. The van der Waals surface area contributed by atoms with E-state index < -0.39 is 36.4 Å². The van der Waals surface area contributed by atoms with E-state index in [1.807, 2.05) is 0 Å². The number of rotatable bonds is 4. The van der Waals surface area contributed by atoms with Crippen LogP contribution in [0.5, 0.6) is 0 Å². The first-order valence-electron chi connectivity index (χ1n) is 6.14. The number of methoxy groups -OCH3 is 2. The number of aliphatic hydroxyl groups excluding tert-OH is 1. The van der Waals surface area contributed by atoms with Gasteiger partial charge in [-0.3, -0.25) is 0 Å². The standard InChI is InChI=1S/C13H16O8/c1-6(12(15)17-2)21-8-4-7(13(16)18-3)9(14)11-10(8)19-5-20-11/h4,8-11,14H,1,5H2,2-3H3/t8-,9+,10+,11-/m1/s1. The Balaban J connectivity index is 2.24. The fourth-order valence-electron chi connectivity index (χ4n) is 2.22. The van der Waals surface area contributed by atoms with Crippen molar-refractivity contribution in [2.45, 2.75) is 24.4 Å². The molecule has 0 bridgehead atoms. The number of fused-ring (bicyclic) bond motifs is 1. The van der Waals surface area contributed by atoms with E-state index in [2.05, 4.69) is 16.1 Å². The Labute approximate surface area is 120 Å². The lowest BCUT2D eigenvalue weighted by Crippen LogP contribution is -2.49. The molecule has 1 heterocycles. The van der Waals surface area contributed by atoms with Gasteiger partial charge >= 0.3 is 11.9 Å². The van der Waals surface area contributed by atoms with E-state index >= 15 is 0 Å². The molecule has 21 heavy (non-hydrogen) atoms. The van der Waals surface area contributed by atoms with Crippen molar-refractivity contribution in [3.05, 3.63) is 24.0 Å². The number of carbonyl (C=O) groups is 2. The van der Waals surface area contributed by atoms with Crippen molar-refractivity contribution in [2.24, 2.45) is 0 Å². The van der Waals surface area contributed by atoms with E-state index in [-0.39, 0.29) is 18.1 Å². The van der Waals surface area contributed by atoms with Gasteiger partial charge in [-0.1, -0.05) is 0 Å². The van der Waals surface area contributed by atoms with Gasteiger partial charge in [-0.15, -0.1) is 0 Å². The lowest BCUT2D eigenvalue weighted by Gasteiger charge is -2.33. The van der Waals surface area contributed by atoms with E-state index in [9.17, 15) is 14.7 Å². The molecule has 4 atom stereocenters. The van der Waals surface area contributed by atoms with Crippen molar-refractivity contribution >= 4 is 11.9 Å². The Morgan fingerprint density at radius 2 is 1.95 bits per heavy atom. The first-order chi connectivity index (χ1) is 9.99. The Morgan fingerprint density at radius 3 is 2.57 bits per heavy atom. The predicted octanol–water partition coefficient (Wildman–Crippen LogP) is -0.726. The Kier molecular flexibility index (Phi) is 4.61. The molecule has 0 amide bonds. The van der Waals surface area contributed by atoms with Crippen molar-refractivity contribution in [2.75, 3.05) is 21.0 Å². The molecule has 0 radical (unpaired) electrons. The Bertz CT molecular complexity index is 483. The molecule has 1 aliphatic heterocycles. The number of hydrogen-bond acceptors (Lipinski definition) is 8. The summed E-state index contributed by atoms with van der Waals surface area (Å²) in [7, 11) is 2.38. The third-order valence-electron chi connectivity index (χ3n) is 3.25. The van der Waals surface area contributed by atoms with Crippen LogP contribution in [0.4, 0.5) is 0 Å². The zero-order valence-corrected chi connectivity index (χ0v) is 11.6. The summed E-state index contributed by atoms with van der Waals surface area (Å²) in [5.41, 5.74) is -0.0214. The highest BCUT2D eigenvalue weighted by Crippen LogP contribution is 2.32. The molecule has 0 aromatic carbocycles. The number of hydrogen-bond donors (Lipinski definition) is 1. The topological polar surface area (TPSA) is 101 Å². The molecule has 1 N–H and O–H groups in total. The maximum absolute atomic E-state index is 11.7. The van der Waals surface area contributed by atoms with Crippen molar-refractivity contribution < 1.29 is 38.4 Å². The van der Waals surface area contributed by atoms with E-state index in [1.165, 1.54) is 20.3 Å². The molecule has 1 aliphatic carbocycles. The molecule has 1 fully saturated rings. The van der Waals surface area contributed by atoms with Gasteiger partial charge in [0, 0.05) is 0 Å². The van der Waals surface area contributed by atoms with Crippen LogP contribution in [0.25, 0.3) is 0 Å². The Hall–Kier alpha value is -1.90. The van der Waals surface area contributed by atoms with Gasteiger partial charge in [0.1, 0.15) is 31.2 Å². The molecule has 0 aromatic rings. The molecule has 0 unspecified atom stereocenters. The van der Waals surface area contributed by atoms with Gasteiger partial charge in [-0.2, -0.15) is 0 Å². The summed E-state index contributed by atoms with van der Waals surface area (Å²) < 4.78 is 25.0. The highest BCUT2D eigenvalue weighted by atomic mass is 16.7. The van der Waals surface area contributed by atoms with Gasteiger partial charge in [-0.05, 0) is 12.7 Å². The number of carbonyl (C=O) groups excluding carboxylic acids is 2. The van der Waals surface area contributed by atoms with Crippen LogP contribution >= 0.6 is 0 Å². The average Bonchev–Trinajstić information content (AvgIpc) is 2.98. The summed E-state index contributed by atoms with van der Waals surface area (Å²) in [6.07, 6.45) is -2.16. The van der Waals surface area contributed by atoms with Crippen LogP contribution in [0.1, 0.15) is 0 Å². The van der Waals surface area contributed by atoms with Crippen molar-refractivity contribution in [1.82, 2.24) is 0 Å². The summed E-state index contributed by atoms with van der Waals surface area (Å²) in [4.78, 5) is 23.0. The Morgan fingerprint density at radius 1 is 1.29 bits per heavy atom. The smallest absolute Gasteiger partial charge is 0.372 e. The molecule has 0 saturated carbocycles. The quantitative estimate of drug-likeness (QED) is 0.412. The summed E-state index contributed by atoms with van der Waals surface area (Å²) in [6.45, 7) is 3.39. The normalized spacial score (nSPS) is 30.9. The van der Waals surface area contributed by atoms with Crippen LogP contribution in [-0.4, -0.2) is 62.5 Å². The molecule has 116 valence electrons. The predicted molar refractivity (Wildman–Crippen MR) is 66.7 cm³/mol. The van der Waals surface area contributed by atoms with E-state index in [0.717, 1.165) is 0 Å². The summed E-state index contributed by atoms with van der Waals surface area (Å²) in [5.74, 6) is -1.70. The molecule has 0 aromatic heterocycles. The summed E-state index contributed by atoms with van der Waals surface area (Å²) in [6, 6.07) is 0. The van der Waals surface area contributed by atoms with Crippen LogP contribution < -0.4 is 0 Å². The molecule has 8 heteroatoms. The molecule has 2 rings (SSSR count). The zero-order chi connectivity index (χ0) is 15.6. The first-order valence-corrected chi connectivity index (χ1v) is 6.14.